The van der Waals surface area contributed by atoms with Crippen LogP contribution in [0.4, 0.5) is 5.69 Å². The monoisotopic (exact) mass is 487 g/mol. The van der Waals surface area contributed by atoms with Gasteiger partial charge in [-0.15, -0.1) is 24.0 Å². The average Bonchev–Trinajstić information content (AvgIpc) is 3.10. The molecule has 0 bridgehead atoms. The molecule has 2 rings (SSSR count). The minimum absolute atomic E-state index is 0. The molecule has 0 radical (unpaired) electrons. The van der Waals surface area contributed by atoms with Crippen LogP contribution in [0.2, 0.25) is 0 Å². The van der Waals surface area contributed by atoms with Crippen molar-refractivity contribution in [3.05, 3.63) is 29.8 Å². The van der Waals surface area contributed by atoms with Crippen LogP contribution in [0.15, 0.2) is 29.3 Å². The number of rotatable bonds is 9. The SMILES string of the molecule is CCN(CC)CCCNC(=NC)NCc1ccc(N2CCCC2=O)cc1.I. The molecular weight excluding hydrogens is 453 g/mol. The summed E-state index contributed by atoms with van der Waals surface area (Å²) < 4.78 is 0. The molecule has 1 aromatic rings. The lowest BCUT2D eigenvalue weighted by Crippen LogP contribution is -2.38. The number of carbonyl (C=O) groups is 1. The van der Waals surface area contributed by atoms with Gasteiger partial charge in [0, 0.05) is 38.8 Å². The Labute approximate surface area is 180 Å². The van der Waals surface area contributed by atoms with Gasteiger partial charge in [0.15, 0.2) is 5.96 Å². The number of benzene rings is 1. The third-order valence-corrected chi connectivity index (χ3v) is 4.84. The van der Waals surface area contributed by atoms with Crippen molar-refractivity contribution >= 4 is 41.5 Å². The molecule has 7 heteroatoms. The molecule has 0 atom stereocenters. The summed E-state index contributed by atoms with van der Waals surface area (Å²) in [5.41, 5.74) is 2.17. The summed E-state index contributed by atoms with van der Waals surface area (Å²) in [5.74, 6) is 1.05. The van der Waals surface area contributed by atoms with Crippen molar-refractivity contribution in [1.29, 1.82) is 0 Å². The maximum Gasteiger partial charge on any atom is 0.227 e. The van der Waals surface area contributed by atoms with Crippen molar-refractivity contribution < 1.29 is 4.79 Å². The van der Waals surface area contributed by atoms with Crippen LogP contribution in [-0.4, -0.2) is 56.5 Å². The van der Waals surface area contributed by atoms with Gasteiger partial charge in [-0.1, -0.05) is 26.0 Å². The van der Waals surface area contributed by atoms with Gasteiger partial charge >= 0.3 is 0 Å². The molecule has 1 aliphatic rings. The molecule has 1 aromatic carbocycles. The van der Waals surface area contributed by atoms with E-state index in [0.29, 0.717) is 13.0 Å². The minimum atomic E-state index is 0. The average molecular weight is 487 g/mol. The van der Waals surface area contributed by atoms with Gasteiger partial charge in [0.25, 0.3) is 0 Å². The summed E-state index contributed by atoms with van der Waals surface area (Å²) >= 11 is 0. The molecule has 1 saturated heterocycles. The second-order valence-corrected chi connectivity index (χ2v) is 6.55. The second-order valence-electron chi connectivity index (χ2n) is 6.55. The fraction of sp³-hybridized carbons (Fsp3) is 0.600. The molecular formula is C20H34IN5O. The minimum Gasteiger partial charge on any atom is -0.356 e. The Morgan fingerprint density at radius 2 is 1.89 bits per heavy atom. The number of hydrogen-bond donors (Lipinski definition) is 2. The van der Waals surface area contributed by atoms with Gasteiger partial charge in [-0.3, -0.25) is 9.79 Å². The van der Waals surface area contributed by atoms with Crippen LogP contribution in [0.5, 0.6) is 0 Å². The normalized spacial score (nSPS) is 14.4. The van der Waals surface area contributed by atoms with Crippen molar-refractivity contribution in [1.82, 2.24) is 15.5 Å². The second kappa shape index (κ2) is 12.9. The van der Waals surface area contributed by atoms with E-state index in [1.807, 2.05) is 17.0 Å². The largest absolute Gasteiger partial charge is 0.356 e. The number of hydrogen-bond acceptors (Lipinski definition) is 3. The van der Waals surface area contributed by atoms with Crippen LogP contribution in [0.3, 0.4) is 0 Å². The topological polar surface area (TPSA) is 60.0 Å². The van der Waals surface area contributed by atoms with Gasteiger partial charge in [0.05, 0.1) is 0 Å². The zero-order chi connectivity index (χ0) is 18.8. The van der Waals surface area contributed by atoms with E-state index < -0.39 is 0 Å². The molecule has 0 spiro atoms. The van der Waals surface area contributed by atoms with Crippen molar-refractivity contribution in [2.45, 2.75) is 39.7 Å². The van der Waals surface area contributed by atoms with E-state index in [1.165, 1.54) is 5.56 Å². The number of nitrogens with one attached hydrogen (secondary N) is 2. The van der Waals surface area contributed by atoms with Crippen LogP contribution in [0, 0.1) is 0 Å². The fourth-order valence-corrected chi connectivity index (χ4v) is 3.17. The predicted octanol–water partition coefficient (Wildman–Crippen LogP) is 2.83. The highest BCUT2D eigenvalue weighted by Crippen LogP contribution is 2.21. The molecule has 1 heterocycles. The summed E-state index contributed by atoms with van der Waals surface area (Å²) in [6, 6.07) is 8.20. The first-order valence-electron chi connectivity index (χ1n) is 9.74. The predicted molar refractivity (Wildman–Crippen MR) is 124 cm³/mol. The van der Waals surface area contributed by atoms with Crippen LogP contribution < -0.4 is 15.5 Å². The van der Waals surface area contributed by atoms with Crippen molar-refractivity contribution in [2.24, 2.45) is 4.99 Å². The first kappa shape index (κ1) is 23.7. The number of carbonyl (C=O) groups excluding carboxylic acids is 1. The Bertz CT molecular complexity index is 587. The van der Waals surface area contributed by atoms with Gasteiger partial charge < -0.3 is 20.4 Å². The Morgan fingerprint density at radius 3 is 2.44 bits per heavy atom. The van der Waals surface area contributed by atoms with E-state index in [9.17, 15) is 4.79 Å². The number of amides is 1. The summed E-state index contributed by atoms with van der Waals surface area (Å²) in [4.78, 5) is 20.4. The van der Waals surface area contributed by atoms with Gasteiger partial charge in [0.2, 0.25) is 5.91 Å². The van der Waals surface area contributed by atoms with Gasteiger partial charge in [-0.05, 0) is 50.2 Å². The van der Waals surface area contributed by atoms with Crippen molar-refractivity contribution in [2.75, 3.05) is 44.7 Å². The molecule has 2 N–H and O–H groups in total. The lowest BCUT2D eigenvalue weighted by molar-refractivity contribution is -0.117. The quantitative estimate of drug-likeness (QED) is 0.244. The highest BCUT2D eigenvalue weighted by molar-refractivity contribution is 14.0. The van der Waals surface area contributed by atoms with Crippen molar-refractivity contribution in [3.8, 4) is 0 Å². The Hall–Kier alpha value is -1.35. The van der Waals surface area contributed by atoms with Crippen LogP contribution in [0.1, 0.15) is 38.7 Å². The molecule has 0 unspecified atom stereocenters. The lowest BCUT2D eigenvalue weighted by Gasteiger charge is -2.18. The van der Waals surface area contributed by atoms with Crippen LogP contribution in [-0.2, 0) is 11.3 Å². The molecule has 0 aliphatic carbocycles. The Morgan fingerprint density at radius 1 is 1.19 bits per heavy atom. The van der Waals surface area contributed by atoms with E-state index in [4.69, 9.17) is 0 Å². The number of anilines is 1. The zero-order valence-corrected chi connectivity index (χ0v) is 19.2. The van der Waals surface area contributed by atoms with E-state index in [2.05, 4.69) is 46.5 Å². The maximum absolute atomic E-state index is 11.8. The smallest absolute Gasteiger partial charge is 0.227 e. The first-order valence-corrected chi connectivity index (χ1v) is 9.74. The van der Waals surface area contributed by atoms with Crippen molar-refractivity contribution in [3.63, 3.8) is 0 Å². The summed E-state index contributed by atoms with van der Waals surface area (Å²) in [7, 11) is 1.79. The highest BCUT2D eigenvalue weighted by Gasteiger charge is 2.21. The Balaban J connectivity index is 0.00000364. The first-order chi connectivity index (χ1) is 12.7. The third kappa shape index (κ3) is 7.65. The highest BCUT2D eigenvalue weighted by atomic mass is 127. The van der Waals surface area contributed by atoms with Gasteiger partial charge in [-0.2, -0.15) is 0 Å². The molecule has 1 amide bonds. The van der Waals surface area contributed by atoms with E-state index >= 15 is 0 Å². The maximum atomic E-state index is 11.8. The molecule has 1 aliphatic heterocycles. The lowest BCUT2D eigenvalue weighted by atomic mass is 10.2. The number of guanidine groups is 1. The van der Waals surface area contributed by atoms with Crippen LogP contribution >= 0.6 is 24.0 Å². The molecule has 27 heavy (non-hydrogen) atoms. The number of halogens is 1. The van der Waals surface area contributed by atoms with Gasteiger partial charge in [-0.25, -0.2) is 0 Å². The Kier molecular flexibility index (Phi) is 11.3. The van der Waals surface area contributed by atoms with E-state index in [0.717, 1.165) is 57.2 Å². The summed E-state index contributed by atoms with van der Waals surface area (Å²) in [6.45, 7) is 10.2. The zero-order valence-electron chi connectivity index (χ0n) is 16.8. The van der Waals surface area contributed by atoms with E-state index in [-0.39, 0.29) is 29.9 Å². The molecule has 0 saturated carbocycles. The number of nitrogens with zero attached hydrogens (tertiary/aromatic N) is 3. The van der Waals surface area contributed by atoms with E-state index in [1.54, 1.807) is 7.05 Å². The molecule has 152 valence electrons. The fourth-order valence-electron chi connectivity index (χ4n) is 3.17. The summed E-state index contributed by atoms with van der Waals surface area (Å²) in [5, 5.41) is 6.71. The van der Waals surface area contributed by atoms with Gasteiger partial charge in [0.1, 0.15) is 0 Å². The molecule has 1 fully saturated rings. The number of aliphatic imine (C=N–C) groups is 1. The molecule has 0 aromatic heterocycles. The van der Waals surface area contributed by atoms with Crippen LogP contribution in [0.25, 0.3) is 0 Å². The summed E-state index contributed by atoms with van der Waals surface area (Å²) in [6.07, 6.45) is 2.72. The standard InChI is InChI=1S/C20H33N5O.HI/c1-4-24(5-2)14-7-13-22-20(21-3)23-16-17-9-11-18(12-10-17)25-15-6-8-19(25)26;/h9-12H,4-8,13-16H2,1-3H3,(H2,21,22,23);1H. The third-order valence-electron chi connectivity index (χ3n) is 4.84. The molecule has 6 nitrogen and oxygen atoms in total.